The molecule has 17 heavy (non-hydrogen) atoms. The molecular formula is C11H20N2O4. The predicted octanol–water partition coefficient (Wildman–Crippen LogP) is -0.674. The van der Waals surface area contributed by atoms with E-state index in [9.17, 15) is 14.7 Å². The molecule has 0 aliphatic carbocycles. The fourth-order valence-electron chi connectivity index (χ4n) is 1.95. The van der Waals surface area contributed by atoms with Crippen molar-refractivity contribution in [2.24, 2.45) is 5.41 Å². The molecule has 6 nitrogen and oxygen atoms in total. The van der Waals surface area contributed by atoms with Crippen molar-refractivity contribution in [2.45, 2.75) is 38.8 Å². The minimum absolute atomic E-state index is 0.321. The van der Waals surface area contributed by atoms with Crippen LogP contribution in [0.2, 0.25) is 0 Å². The van der Waals surface area contributed by atoms with E-state index in [0.29, 0.717) is 6.54 Å². The largest absolute Gasteiger partial charge is 0.480 e. The minimum Gasteiger partial charge on any atom is -0.480 e. The molecule has 1 aliphatic rings. The van der Waals surface area contributed by atoms with E-state index in [1.807, 2.05) is 0 Å². The lowest BCUT2D eigenvalue weighted by Crippen LogP contribution is -2.55. The number of carbonyl (C=O) groups is 2. The number of aliphatic carboxylic acids is 1. The van der Waals surface area contributed by atoms with E-state index in [-0.39, 0.29) is 5.91 Å². The van der Waals surface area contributed by atoms with Gasteiger partial charge in [-0.1, -0.05) is 0 Å². The number of nitrogens with one attached hydrogen (secondary N) is 2. The van der Waals surface area contributed by atoms with Crippen LogP contribution in [0, 0.1) is 5.41 Å². The van der Waals surface area contributed by atoms with Crippen LogP contribution in [0.1, 0.15) is 26.7 Å². The summed E-state index contributed by atoms with van der Waals surface area (Å²) in [4.78, 5) is 22.9. The van der Waals surface area contributed by atoms with Crippen molar-refractivity contribution in [1.29, 1.82) is 0 Å². The summed E-state index contributed by atoms with van der Waals surface area (Å²) in [5.74, 6) is -1.54. The zero-order valence-electron chi connectivity index (χ0n) is 10.2. The van der Waals surface area contributed by atoms with Gasteiger partial charge in [-0.15, -0.1) is 0 Å². The summed E-state index contributed by atoms with van der Waals surface area (Å²) < 4.78 is 0. The Morgan fingerprint density at radius 1 is 1.47 bits per heavy atom. The van der Waals surface area contributed by atoms with Crippen LogP contribution in [-0.4, -0.2) is 47.3 Å². The van der Waals surface area contributed by atoms with Crippen molar-refractivity contribution in [1.82, 2.24) is 10.6 Å². The first-order valence-electron chi connectivity index (χ1n) is 5.79. The van der Waals surface area contributed by atoms with Crippen LogP contribution >= 0.6 is 0 Å². The molecule has 0 spiro atoms. The van der Waals surface area contributed by atoms with Gasteiger partial charge in [0.1, 0.15) is 0 Å². The number of hydrogen-bond donors (Lipinski definition) is 4. The normalized spacial score (nSPS) is 28.2. The molecule has 1 rings (SSSR count). The minimum atomic E-state index is -1.25. The number of aliphatic hydroxyl groups excluding tert-OH is 1. The van der Waals surface area contributed by atoms with Crippen LogP contribution in [0.4, 0.5) is 0 Å². The summed E-state index contributed by atoms with van der Waals surface area (Å²) in [5.41, 5.74) is -0.596. The van der Waals surface area contributed by atoms with Crippen LogP contribution < -0.4 is 10.6 Å². The first kappa shape index (κ1) is 13.9. The van der Waals surface area contributed by atoms with Gasteiger partial charge >= 0.3 is 5.97 Å². The highest BCUT2D eigenvalue weighted by atomic mass is 16.4. The molecule has 6 heteroatoms. The number of carbonyl (C=O) groups excluding carboxylic acids is 1. The van der Waals surface area contributed by atoms with E-state index < -0.39 is 23.5 Å². The fraction of sp³-hybridized carbons (Fsp3) is 0.818. The molecule has 0 aromatic rings. The second-order valence-electron chi connectivity index (χ2n) is 4.87. The van der Waals surface area contributed by atoms with Gasteiger partial charge < -0.3 is 20.8 Å². The molecule has 0 radical (unpaired) electrons. The van der Waals surface area contributed by atoms with Gasteiger partial charge in [0.2, 0.25) is 5.91 Å². The average Bonchev–Trinajstić information content (AvgIpc) is 2.25. The molecule has 4 N–H and O–H groups in total. The molecule has 98 valence electrons. The van der Waals surface area contributed by atoms with Gasteiger partial charge in [-0.3, -0.25) is 4.79 Å². The predicted molar refractivity (Wildman–Crippen MR) is 61.5 cm³/mol. The second kappa shape index (κ2) is 5.46. The Bertz CT molecular complexity index is 298. The highest BCUT2D eigenvalue weighted by Crippen LogP contribution is 2.25. The SMILES string of the molecule is CC(O)C(NC(=O)C1(C)CCCNC1)C(=O)O. The van der Waals surface area contributed by atoms with Crippen molar-refractivity contribution in [3.8, 4) is 0 Å². The Morgan fingerprint density at radius 2 is 2.12 bits per heavy atom. The third-order valence-electron chi connectivity index (χ3n) is 3.18. The average molecular weight is 244 g/mol. The van der Waals surface area contributed by atoms with Crippen LogP contribution in [0.15, 0.2) is 0 Å². The highest BCUT2D eigenvalue weighted by Gasteiger charge is 2.37. The number of hydrogen-bond acceptors (Lipinski definition) is 4. The van der Waals surface area contributed by atoms with Crippen LogP contribution in [0.3, 0.4) is 0 Å². The molecule has 0 aromatic carbocycles. The topological polar surface area (TPSA) is 98.7 Å². The Hall–Kier alpha value is -1.14. The third-order valence-corrected chi connectivity index (χ3v) is 3.18. The molecule has 3 unspecified atom stereocenters. The maximum atomic E-state index is 12.0. The first-order valence-corrected chi connectivity index (χ1v) is 5.79. The quantitative estimate of drug-likeness (QED) is 0.525. The van der Waals surface area contributed by atoms with Gasteiger partial charge in [0.25, 0.3) is 0 Å². The zero-order chi connectivity index (χ0) is 13.1. The summed E-state index contributed by atoms with van der Waals surface area (Å²) in [6.07, 6.45) is 0.491. The second-order valence-corrected chi connectivity index (χ2v) is 4.87. The number of carboxylic acids is 1. The molecule has 1 aliphatic heterocycles. The molecule has 0 aromatic heterocycles. The Morgan fingerprint density at radius 3 is 2.53 bits per heavy atom. The smallest absolute Gasteiger partial charge is 0.328 e. The fourth-order valence-corrected chi connectivity index (χ4v) is 1.95. The Balaban J connectivity index is 2.66. The maximum Gasteiger partial charge on any atom is 0.328 e. The number of rotatable bonds is 4. The number of piperidine rings is 1. The monoisotopic (exact) mass is 244 g/mol. The van der Waals surface area contributed by atoms with Crippen molar-refractivity contribution in [3.63, 3.8) is 0 Å². The third kappa shape index (κ3) is 3.41. The lowest BCUT2D eigenvalue weighted by atomic mass is 9.81. The van der Waals surface area contributed by atoms with Gasteiger partial charge in [-0.05, 0) is 33.2 Å². The number of carboxylic acid groups (broad SMARTS) is 1. The van der Waals surface area contributed by atoms with Gasteiger partial charge in [0.15, 0.2) is 6.04 Å². The lowest BCUT2D eigenvalue weighted by Gasteiger charge is -2.34. The summed E-state index contributed by atoms with van der Waals surface area (Å²) >= 11 is 0. The van der Waals surface area contributed by atoms with Crippen LogP contribution in [0.5, 0.6) is 0 Å². The molecular weight excluding hydrogens is 224 g/mol. The molecule has 0 saturated carbocycles. The summed E-state index contributed by atoms with van der Waals surface area (Å²) in [6, 6.07) is -1.25. The maximum absolute atomic E-state index is 12.0. The first-order chi connectivity index (χ1) is 7.87. The molecule has 1 saturated heterocycles. The van der Waals surface area contributed by atoms with Gasteiger partial charge in [0, 0.05) is 6.54 Å². The number of aliphatic hydroxyl groups is 1. The van der Waals surface area contributed by atoms with E-state index in [1.165, 1.54) is 6.92 Å². The Labute approximate surface area is 100 Å². The van der Waals surface area contributed by atoms with Crippen molar-refractivity contribution in [2.75, 3.05) is 13.1 Å². The molecule has 1 amide bonds. The van der Waals surface area contributed by atoms with Crippen molar-refractivity contribution in [3.05, 3.63) is 0 Å². The van der Waals surface area contributed by atoms with Crippen molar-refractivity contribution >= 4 is 11.9 Å². The highest BCUT2D eigenvalue weighted by molar-refractivity contribution is 5.87. The van der Waals surface area contributed by atoms with Crippen LogP contribution in [-0.2, 0) is 9.59 Å². The van der Waals surface area contributed by atoms with Gasteiger partial charge in [-0.25, -0.2) is 4.79 Å². The van der Waals surface area contributed by atoms with Crippen molar-refractivity contribution < 1.29 is 19.8 Å². The van der Waals surface area contributed by atoms with Gasteiger partial charge in [0.05, 0.1) is 11.5 Å². The molecule has 3 atom stereocenters. The summed E-state index contributed by atoms with van der Waals surface area (Å²) in [5, 5.41) is 23.7. The molecule has 0 bridgehead atoms. The van der Waals surface area contributed by atoms with E-state index in [4.69, 9.17) is 5.11 Å². The van der Waals surface area contributed by atoms with E-state index >= 15 is 0 Å². The Kier molecular flexibility index (Phi) is 4.47. The number of amides is 1. The molecule has 1 fully saturated rings. The molecule has 1 heterocycles. The van der Waals surface area contributed by atoms with E-state index in [2.05, 4.69) is 10.6 Å². The standard InChI is InChI=1S/C11H20N2O4/c1-7(14)8(9(15)16)13-10(17)11(2)4-3-5-12-6-11/h7-8,12,14H,3-6H2,1-2H3,(H,13,17)(H,15,16). The van der Waals surface area contributed by atoms with E-state index in [1.54, 1.807) is 6.92 Å². The van der Waals surface area contributed by atoms with Crippen LogP contribution in [0.25, 0.3) is 0 Å². The van der Waals surface area contributed by atoms with Gasteiger partial charge in [-0.2, -0.15) is 0 Å². The summed E-state index contributed by atoms with van der Waals surface area (Å²) in [7, 11) is 0. The summed E-state index contributed by atoms with van der Waals surface area (Å²) in [6.45, 7) is 4.56. The zero-order valence-corrected chi connectivity index (χ0v) is 10.2. The van der Waals surface area contributed by atoms with E-state index in [0.717, 1.165) is 19.4 Å². The lowest BCUT2D eigenvalue weighted by molar-refractivity contribution is -0.147.